The van der Waals surface area contributed by atoms with Gasteiger partial charge in [0.05, 0.1) is 5.56 Å². The highest BCUT2D eigenvalue weighted by molar-refractivity contribution is 7.99. The first kappa shape index (κ1) is 14.1. The van der Waals surface area contributed by atoms with Gasteiger partial charge < -0.3 is 11.1 Å². The fourth-order valence-electron chi connectivity index (χ4n) is 2.94. The summed E-state index contributed by atoms with van der Waals surface area (Å²) in [7, 11) is 0. The number of nitrogens with zero attached hydrogens (tertiary/aromatic N) is 1. The number of nitrogens with one attached hydrogen (secondary N) is 1. The summed E-state index contributed by atoms with van der Waals surface area (Å²) in [5.41, 5.74) is 9.37. The number of thiocarbonyl (C=S) groups is 1. The van der Waals surface area contributed by atoms with Gasteiger partial charge in [0, 0.05) is 12.2 Å². The van der Waals surface area contributed by atoms with Crippen LogP contribution in [0, 0.1) is 5.92 Å². The van der Waals surface area contributed by atoms with E-state index in [9.17, 15) is 0 Å². The van der Waals surface area contributed by atoms with E-state index < -0.39 is 0 Å². The number of aryl methyl sites for hydroxylation is 2. The van der Waals surface area contributed by atoms with Crippen LogP contribution in [0.25, 0.3) is 0 Å². The summed E-state index contributed by atoms with van der Waals surface area (Å²) in [6, 6.07) is 2.16. The Kier molecular flexibility index (Phi) is 4.46. The van der Waals surface area contributed by atoms with Gasteiger partial charge in [-0.3, -0.25) is 0 Å². The molecule has 20 heavy (non-hydrogen) atoms. The Morgan fingerprint density at radius 3 is 3.05 bits per heavy atom. The lowest BCUT2D eigenvalue weighted by atomic mass is 9.94. The molecular formula is C15H21N3S2. The third-order valence-corrected chi connectivity index (χ3v) is 5.60. The highest BCUT2D eigenvalue weighted by Crippen LogP contribution is 2.27. The molecule has 0 saturated carbocycles. The highest BCUT2D eigenvalue weighted by atomic mass is 32.2. The van der Waals surface area contributed by atoms with Crippen molar-refractivity contribution in [1.29, 1.82) is 0 Å². The number of pyridine rings is 1. The number of anilines is 1. The lowest BCUT2D eigenvalue weighted by Gasteiger charge is -2.20. The Balaban J connectivity index is 1.81. The van der Waals surface area contributed by atoms with Crippen molar-refractivity contribution >= 4 is 34.8 Å². The zero-order valence-corrected chi connectivity index (χ0v) is 13.3. The zero-order chi connectivity index (χ0) is 13.9. The van der Waals surface area contributed by atoms with E-state index in [2.05, 4.69) is 11.4 Å². The van der Waals surface area contributed by atoms with E-state index in [-0.39, 0.29) is 0 Å². The predicted molar refractivity (Wildman–Crippen MR) is 90.7 cm³/mol. The van der Waals surface area contributed by atoms with Crippen molar-refractivity contribution in [2.45, 2.75) is 32.1 Å². The monoisotopic (exact) mass is 307 g/mol. The molecule has 2 aliphatic rings. The van der Waals surface area contributed by atoms with Crippen LogP contribution >= 0.6 is 24.0 Å². The van der Waals surface area contributed by atoms with E-state index in [1.54, 1.807) is 0 Å². The molecule has 3 N–H and O–H groups in total. The molecule has 1 fully saturated rings. The average molecular weight is 307 g/mol. The quantitative estimate of drug-likeness (QED) is 0.838. The van der Waals surface area contributed by atoms with Crippen LogP contribution in [0.15, 0.2) is 6.07 Å². The van der Waals surface area contributed by atoms with Gasteiger partial charge in [-0.05, 0) is 61.2 Å². The van der Waals surface area contributed by atoms with Gasteiger partial charge >= 0.3 is 0 Å². The number of rotatable bonds is 4. The van der Waals surface area contributed by atoms with Gasteiger partial charge in [0.2, 0.25) is 0 Å². The number of fused-ring (bicyclic) bond motifs is 1. The van der Waals surface area contributed by atoms with Crippen molar-refractivity contribution in [2.24, 2.45) is 11.7 Å². The molecule has 3 nitrogen and oxygen atoms in total. The Morgan fingerprint density at radius 2 is 2.30 bits per heavy atom. The van der Waals surface area contributed by atoms with Crippen LogP contribution in [0.3, 0.4) is 0 Å². The first-order valence-electron chi connectivity index (χ1n) is 7.38. The Bertz CT molecular complexity index is 510. The summed E-state index contributed by atoms with van der Waals surface area (Å²) in [4.78, 5) is 5.26. The molecule has 1 saturated heterocycles. The van der Waals surface area contributed by atoms with Gasteiger partial charge in [0.25, 0.3) is 0 Å². The Hall–Kier alpha value is -0.810. The maximum Gasteiger partial charge on any atom is 0.136 e. The molecule has 3 rings (SSSR count). The molecule has 108 valence electrons. The summed E-state index contributed by atoms with van der Waals surface area (Å²) in [6.45, 7) is 0.981. The molecule has 1 aromatic heterocycles. The summed E-state index contributed by atoms with van der Waals surface area (Å²) >= 11 is 7.24. The molecule has 1 atom stereocenters. The minimum Gasteiger partial charge on any atom is -0.389 e. The second kappa shape index (κ2) is 6.31. The molecule has 0 amide bonds. The third-order valence-electron chi connectivity index (χ3n) is 4.15. The van der Waals surface area contributed by atoms with Crippen LogP contribution in [0.4, 0.5) is 5.82 Å². The average Bonchev–Trinajstić information content (AvgIpc) is 2.97. The van der Waals surface area contributed by atoms with Crippen LogP contribution in [-0.2, 0) is 12.8 Å². The number of aromatic nitrogens is 1. The maximum atomic E-state index is 5.88. The van der Waals surface area contributed by atoms with Crippen LogP contribution in [0.2, 0.25) is 0 Å². The van der Waals surface area contributed by atoms with E-state index >= 15 is 0 Å². The fourth-order valence-corrected chi connectivity index (χ4v) is 4.38. The minimum atomic E-state index is 0.453. The number of hydrogen-bond acceptors (Lipinski definition) is 4. The van der Waals surface area contributed by atoms with E-state index in [0.29, 0.717) is 4.99 Å². The van der Waals surface area contributed by atoms with Crippen molar-refractivity contribution in [2.75, 3.05) is 23.4 Å². The SMILES string of the molecule is NC(=S)c1cc2c(nc1NCC1CCSC1)CCCC2. The van der Waals surface area contributed by atoms with Crippen molar-refractivity contribution < 1.29 is 0 Å². The van der Waals surface area contributed by atoms with Crippen LogP contribution < -0.4 is 11.1 Å². The molecule has 1 aliphatic carbocycles. The molecule has 5 heteroatoms. The normalized spacial score (nSPS) is 21.5. The van der Waals surface area contributed by atoms with E-state index in [1.165, 1.54) is 42.0 Å². The van der Waals surface area contributed by atoms with Crippen LogP contribution in [0.5, 0.6) is 0 Å². The maximum absolute atomic E-state index is 5.88. The highest BCUT2D eigenvalue weighted by Gasteiger charge is 2.19. The first-order valence-corrected chi connectivity index (χ1v) is 8.94. The second-order valence-electron chi connectivity index (χ2n) is 5.67. The van der Waals surface area contributed by atoms with Gasteiger partial charge in [-0.25, -0.2) is 4.98 Å². The van der Waals surface area contributed by atoms with Crippen LogP contribution in [-0.4, -0.2) is 28.0 Å². The van der Waals surface area contributed by atoms with Crippen molar-refractivity contribution in [1.82, 2.24) is 4.98 Å². The molecule has 1 aromatic rings. The Morgan fingerprint density at radius 1 is 1.45 bits per heavy atom. The van der Waals surface area contributed by atoms with E-state index in [1.807, 2.05) is 11.8 Å². The topological polar surface area (TPSA) is 50.9 Å². The van der Waals surface area contributed by atoms with Gasteiger partial charge in [0.1, 0.15) is 10.8 Å². The van der Waals surface area contributed by atoms with Gasteiger partial charge in [-0.1, -0.05) is 12.2 Å². The van der Waals surface area contributed by atoms with E-state index in [4.69, 9.17) is 22.9 Å². The molecule has 1 unspecified atom stereocenters. The smallest absolute Gasteiger partial charge is 0.136 e. The molecule has 0 aromatic carbocycles. The Labute approximate surface area is 130 Å². The fraction of sp³-hybridized carbons (Fsp3) is 0.600. The molecule has 2 heterocycles. The molecule has 0 radical (unpaired) electrons. The molecule has 1 aliphatic heterocycles. The van der Waals surface area contributed by atoms with Gasteiger partial charge in [-0.15, -0.1) is 0 Å². The predicted octanol–water partition coefficient (Wildman–Crippen LogP) is 2.76. The van der Waals surface area contributed by atoms with Gasteiger partial charge in [-0.2, -0.15) is 11.8 Å². The minimum absolute atomic E-state index is 0.453. The third kappa shape index (κ3) is 3.09. The van der Waals surface area contributed by atoms with Crippen molar-refractivity contribution in [3.63, 3.8) is 0 Å². The number of nitrogens with two attached hydrogens (primary N) is 1. The summed E-state index contributed by atoms with van der Waals surface area (Å²) in [6.07, 6.45) is 5.98. The first-order chi connectivity index (χ1) is 9.74. The summed E-state index contributed by atoms with van der Waals surface area (Å²) < 4.78 is 0. The number of thioether (sulfide) groups is 1. The van der Waals surface area contributed by atoms with Crippen molar-refractivity contribution in [3.05, 3.63) is 22.9 Å². The molecule has 0 spiro atoms. The van der Waals surface area contributed by atoms with Gasteiger partial charge in [0.15, 0.2) is 0 Å². The summed E-state index contributed by atoms with van der Waals surface area (Å²) in [5, 5.41) is 3.49. The van der Waals surface area contributed by atoms with Crippen molar-refractivity contribution in [3.8, 4) is 0 Å². The molecule has 0 bridgehead atoms. The second-order valence-corrected chi connectivity index (χ2v) is 7.26. The zero-order valence-electron chi connectivity index (χ0n) is 11.7. The largest absolute Gasteiger partial charge is 0.389 e. The van der Waals surface area contributed by atoms with E-state index in [0.717, 1.165) is 36.7 Å². The standard InChI is InChI=1S/C15H21N3S2/c16-14(19)12-7-11-3-1-2-4-13(11)18-15(12)17-8-10-5-6-20-9-10/h7,10H,1-6,8-9H2,(H2,16,19)(H,17,18). The summed E-state index contributed by atoms with van der Waals surface area (Å²) in [5.74, 6) is 4.18. The molecular weight excluding hydrogens is 286 g/mol. The lowest BCUT2D eigenvalue weighted by molar-refractivity contribution is 0.628. The lowest BCUT2D eigenvalue weighted by Crippen LogP contribution is -2.21. The van der Waals surface area contributed by atoms with Crippen LogP contribution in [0.1, 0.15) is 36.1 Å². The number of hydrogen-bond donors (Lipinski definition) is 2.